The van der Waals surface area contributed by atoms with E-state index in [9.17, 15) is 4.79 Å². The third kappa shape index (κ3) is 4.97. The van der Waals surface area contributed by atoms with E-state index in [-0.39, 0.29) is 5.91 Å². The predicted octanol–water partition coefficient (Wildman–Crippen LogP) is 1.77. The number of para-hydroxylation sites is 1. The van der Waals surface area contributed by atoms with Gasteiger partial charge in [0.15, 0.2) is 0 Å². The summed E-state index contributed by atoms with van der Waals surface area (Å²) in [7, 11) is 3.53. The van der Waals surface area contributed by atoms with Crippen LogP contribution >= 0.6 is 0 Å². The van der Waals surface area contributed by atoms with E-state index in [0.29, 0.717) is 13.0 Å². The summed E-state index contributed by atoms with van der Waals surface area (Å²) < 4.78 is 5.09. The molecule has 17 heavy (non-hydrogen) atoms. The van der Waals surface area contributed by atoms with Crippen LogP contribution < -0.4 is 10.6 Å². The third-order valence-electron chi connectivity index (χ3n) is 2.42. The number of methoxy groups -OCH3 is 1. The number of carbonyl (C=O) groups is 1. The van der Waals surface area contributed by atoms with Crippen molar-refractivity contribution in [3.8, 4) is 0 Å². The molecule has 4 nitrogen and oxygen atoms in total. The monoisotopic (exact) mass is 236 g/mol. The molecule has 0 fully saturated rings. The zero-order valence-corrected chi connectivity index (χ0v) is 10.5. The van der Waals surface area contributed by atoms with Gasteiger partial charge >= 0.3 is 0 Å². The fraction of sp³-hybridized carbons (Fsp3) is 0.462. The number of benzene rings is 1. The Balaban J connectivity index is 2.52. The van der Waals surface area contributed by atoms with Crippen LogP contribution in [0, 0.1) is 0 Å². The highest BCUT2D eigenvalue weighted by Crippen LogP contribution is 2.16. The van der Waals surface area contributed by atoms with Crippen LogP contribution in [0.4, 0.5) is 5.69 Å². The number of hydrogen-bond donors (Lipinski definition) is 2. The lowest BCUT2D eigenvalue weighted by Gasteiger charge is -2.10. The van der Waals surface area contributed by atoms with E-state index >= 15 is 0 Å². The number of ether oxygens (including phenoxy) is 1. The topological polar surface area (TPSA) is 50.4 Å². The highest BCUT2D eigenvalue weighted by atomic mass is 16.5. The van der Waals surface area contributed by atoms with Crippen molar-refractivity contribution in [1.29, 1.82) is 0 Å². The van der Waals surface area contributed by atoms with Crippen LogP contribution in [0.25, 0.3) is 0 Å². The zero-order chi connectivity index (χ0) is 12.5. The average molecular weight is 236 g/mol. The van der Waals surface area contributed by atoms with E-state index < -0.39 is 0 Å². The van der Waals surface area contributed by atoms with Crippen LogP contribution in [0.2, 0.25) is 0 Å². The second-order valence-electron chi connectivity index (χ2n) is 3.85. The lowest BCUT2D eigenvalue weighted by atomic mass is 10.2. The van der Waals surface area contributed by atoms with E-state index in [1.54, 1.807) is 7.11 Å². The summed E-state index contributed by atoms with van der Waals surface area (Å²) in [6.45, 7) is 1.36. The second-order valence-corrected chi connectivity index (χ2v) is 3.85. The number of rotatable bonds is 7. The molecule has 1 amide bonds. The maximum Gasteiger partial charge on any atom is 0.224 e. The molecular formula is C13H20N2O2. The Bertz CT molecular complexity index is 353. The number of hydrogen-bond acceptors (Lipinski definition) is 3. The maximum absolute atomic E-state index is 11.7. The van der Waals surface area contributed by atoms with Gasteiger partial charge in [0.05, 0.1) is 6.61 Å². The molecule has 0 saturated heterocycles. The Hall–Kier alpha value is -1.39. The highest BCUT2D eigenvalue weighted by Gasteiger charge is 2.05. The van der Waals surface area contributed by atoms with Crippen molar-refractivity contribution in [2.75, 3.05) is 26.0 Å². The molecule has 0 aromatic heterocycles. The minimum atomic E-state index is 0.0452. The van der Waals surface area contributed by atoms with Crippen LogP contribution in [0.15, 0.2) is 24.3 Å². The highest BCUT2D eigenvalue weighted by molar-refractivity contribution is 5.91. The van der Waals surface area contributed by atoms with Crippen molar-refractivity contribution in [2.24, 2.45) is 0 Å². The maximum atomic E-state index is 11.7. The summed E-state index contributed by atoms with van der Waals surface area (Å²) in [6.07, 6.45) is 1.37. The van der Waals surface area contributed by atoms with Crippen LogP contribution in [0.1, 0.15) is 18.4 Å². The van der Waals surface area contributed by atoms with Crippen molar-refractivity contribution in [2.45, 2.75) is 19.4 Å². The molecule has 0 bridgehead atoms. The van der Waals surface area contributed by atoms with Gasteiger partial charge in [-0.3, -0.25) is 4.79 Å². The first-order valence-electron chi connectivity index (χ1n) is 5.79. The number of anilines is 1. The molecule has 0 aliphatic heterocycles. The summed E-state index contributed by atoms with van der Waals surface area (Å²) >= 11 is 0. The fourth-order valence-corrected chi connectivity index (χ4v) is 1.56. The van der Waals surface area contributed by atoms with E-state index in [2.05, 4.69) is 10.6 Å². The average Bonchev–Trinajstić information content (AvgIpc) is 2.32. The second kappa shape index (κ2) is 7.81. The Morgan fingerprint density at radius 3 is 2.82 bits per heavy atom. The molecule has 0 unspecified atom stereocenters. The van der Waals surface area contributed by atoms with Crippen LogP contribution in [0.3, 0.4) is 0 Å². The fourth-order valence-electron chi connectivity index (χ4n) is 1.56. The molecule has 0 saturated carbocycles. The third-order valence-corrected chi connectivity index (χ3v) is 2.42. The normalized spacial score (nSPS) is 10.2. The van der Waals surface area contributed by atoms with Crippen molar-refractivity contribution >= 4 is 11.6 Å². The molecule has 4 heteroatoms. The van der Waals surface area contributed by atoms with Crippen molar-refractivity contribution in [3.05, 3.63) is 29.8 Å². The standard InChI is InChI=1S/C13H20N2O2/c1-14-9-5-8-13(16)15-12-7-4-3-6-11(12)10-17-2/h3-4,6-7,14H,5,8-10H2,1-2H3,(H,15,16). The predicted molar refractivity (Wildman–Crippen MR) is 68.9 cm³/mol. The minimum absolute atomic E-state index is 0.0452. The number of carbonyl (C=O) groups excluding carboxylic acids is 1. The van der Waals surface area contributed by atoms with Gasteiger partial charge in [-0.1, -0.05) is 18.2 Å². The summed E-state index contributed by atoms with van der Waals surface area (Å²) in [6, 6.07) is 7.68. The van der Waals surface area contributed by atoms with Gasteiger partial charge in [-0.05, 0) is 26.1 Å². The Morgan fingerprint density at radius 1 is 1.35 bits per heavy atom. The first-order chi connectivity index (χ1) is 8.27. The molecule has 2 N–H and O–H groups in total. The summed E-state index contributed by atoms with van der Waals surface area (Å²) in [5, 5.41) is 5.93. The molecule has 1 aromatic carbocycles. The van der Waals surface area contributed by atoms with Gasteiger partial charge in [0.1, 0.15) is 0 Å². The molecule has 0 radical (unpaired) electrons. The molecular weight excluding hydrogens is 216 g/mol. The van der Waals surface area contributed by atoms with Crippen LogP contribution in [-0.4, -0.2) is 26.6 Å². The molecule has 1 rings (SSSR count). The van der Waals surface area contributed by atoms with E-state index in [4.69, 9.17) is 4.74 Å². The van der Waals surface area contributed by atoms with Crippen LogP contribution in [-0.2, 0) is 16.1 Å². The lowest BCUT2D eigenvalue weighted by Crippen LogP contribution is -2.16. The zero-order valence-electron chi connectivity index (χ0n) is 10.5. The summed E-state index contributed by atoms with van der Waals surface area (Å²) in [5.41, 5.74) is 1.83. The number of nitrogens with one attached hydrogen (secondary N) is 2. The molecule has 0 spiro atoms. The van der Waals surface area contributed by atoms with E-state index in [1.807, 2.05) is 31.3 Å². The minimum Gasteiger partial charge on any atom is -0.380 e. The Kier molecular flexibility index (Phi) is 6.29. The van der Waals surface area contributed by atoms with Gasteiger partial charge in [-0.25, -0.2) is 0 Å². The summed E-state index contributed by atoms with van der Waals surface area (Å²) in [4.78, 5) is 11.7. The molecule has 0 aliphatic carbocycles. The van der Waals surface area contributed by atoms with Gasteiger partial charge in [0, 0.05) is 24.8 Å². The quantitative estimate of drug-likeness (QED) is 0.709. The SMILES string of the molecule is CNCCCC(=O)Nc1ccccc1COC. The lowest BCUT2D eigenvalue weighted by molar-refractivity contribution is -0.116. The smallest absolute Gasteiger partial charge is 0.224 e. The van der Waals surface area contributed by atoms with Gasteiger partial charge in [0.2, 0.25) is 5.91 Å². The van der Waals surface area contributed by atoms with Crippen molar-refractivity contribution < 1.29 is 9.53 Å². The van der Waals surface area contributed by atoms with Gasteiger partial charge < -0.3 is 15.4 Å². The van der Waals surface area contributed by atoms with Crippen LogP contribution in [0.5, 0.6) is 0 Å². The molecule has 0 heterocycles. The van der Waals surface area contributed by atoms with Crippen molar-refractivity contribution in [1.82, 2.24) is 5.32 Å². The first kappa shape index (κ1) is 13.7. The molecule has 0 atom stereocenters. The largest absolute Gasteiger partial charge is 0.380 e. The first-order valence-corrected chi connectivity index (χ1v) is 5.79. The Morgan fingerprint density at radius 2 is 2.12 bits per heavy atom. The molecule has 94 valence electrons. The van der Waals surface area contributed by atoms with Gasteiger partial charge in [-0.15, -0.1) is 0 Å². The van der Waals surface area contributed by atoms with E-state index in [1.165, 1.54) is 0 Å². The summed E-state index contributed by atoms with van der Waals surface area (Å²) in [5.74, 6) is 0.0452. The van der Waals surface area contributed by atoms with Gasteiger partial charge in [0.25, 0.3) is 0 Å². The molecule has 1 aromatic rings. The molecule has 0 aliphatic rings. The number of amides is 1. The van der Waals surface area contributed by atoms with Gasteiger partial charge in [-0.2, -0.15) is 0 Å². The van der Waals surface area contributed by atoms with E-state index in [0.717, 1.165) is 24.2 Å². The van der Waals surface area contributed by atoms with Crippen molar-refractivity contribution in [3.63, 3.8) is 0 Å². The Labute approximate surface area is 102 Å².